The topological polar surface area (TPSA) is 36.0 Å². The third kappa shape index (κ3) is 1.32. The minimum absolute atomic E-state index is 0.0259. The zero-order valence-corrected chi connectivity index (χ0v) is 8.02. The minimum atomic E-state index is -0.0259. The molecule has 0 aliphatic carbocycles. The number of aliphatic hydroxyl groups is 1. The lowest BCUT2D eigenvalue weighted by Crippen LogP contribution is -1.80. The predicted octanol–water partition coefficient (Wildman–Crippen LogP) is 2.62. The number of H-pyrrole nitrogens is 1. The summed E-state index contributed by atoms with van der Waals surface area (Å²) in [6.45, 7) is 1.99. The predicted molar refractivity (Wildman–Crippen MR) is 54.0 cm³/mol. The van der Waals surface area contributed by atoms with Crippen molar-refractivity contribution >= 4 is 22.5 Å². The van der Waals surface area contributed by atoms with Gasteiger partial charge in [0.1, 0.15) is 5.15 Å². The van der Waals surface area contributed by atoms with Gasteiger partial charge in [-0.1, -0.05) is 23.7 Å². The largest absolute Gasteiger partial charge is 0.392 e. The van der Waals surface area contributed by atoms with E-state index in [0.717, 1.165) is 16.5 Å². The number of rotatable bonds is 1. The number of aromatic amines is 1. The molecule has 0 bridgehead atoms. The van der Waals surface area contributed by atoms with Gasteiger partial charge in [0, 0.05) is 16.5 Å². The first-order valence-corrected chi connectivity index (χ1v) is 4.47. The molecule has 13 heavy (non-hydrogen) atoms. The van der Waals surface area contributed by atoms with E-state index in [4.69, 9.17) is 16.7 Å². The van der Waals surface area contributed by atoms with Gasteiger partial charge in [0.2, 0.25) is 0 Å². The van der Waals surface area contributed by atoms with Crippen LogP contribution in [0, 0.1) is 6.92 Å². The van der Waals surface area contributed by atoms with Crippen molar-refractivity contribution < 1.29 is 5.11 Å². The van der Waals surface area contributed by atoms with E-state index in [2.05, 4.69) is 4.98 Å². The SMILES string of the molecule is Cc1ccc2c(CO)c(Cl)[nH]c2c1. The van der Waals surface area contributed by atoms with Crippen LogP contribution in [-0.4, -0.2) is 10.1 Å². The van der Waals surface area contributed by atoms with Gasteiger partial charge < -0.3 is 10.1 Å². The molecule has 0 radical (unpaired) electrons. The van der Waals surface area contributed by atoms with E-state index >= 15 is 0 Å². The van der Waals surface area contributed by atoms with Crippen molar-refractivity contribution in [3.8, 4) is 0 Å². The van der Waals surface area contributed by atoms with E-state index in [9.17, 15) is 0 Å². The summed E-state index contributed by atoms with van der Waals surface area (Å²) in [6.07, 6.45) is 0. The molecule has 1 heterocycles. The second kappa shape index (κ2) is 3.05. The Morgan fingerprint density at radius 2 is 2.23 bits per heavy atom. The molecular formula is C10H10ClNO. The van der Waals surface area contributed by atoms with E-state index in [1.165, 1.54) is 5.56 Å². The van der Waals surface area contributed by atoms with Crippen molar-refractivity contribution in [2.75, 3.05) is 0 Å². The molecule has 0 spiro atoms. The van der Waals surface area contributed by atoms with Crippen molar-refractivity contribution in [2.24, 2.45) is 0 Å². The molecule has 0 saturated heterocycles. The smallest absolute Gasteiger partial charge is 0.112 e. The summed E-state index contributed by atoms with van der Waals surface area (Å²) in [5.74, 6) is 0. The number of hydrogen-bond donors (Lipinski definition) is 2. The number of nitrogens with one attached hydrogen (secondary N) is 1. The average Bonchev–Trinajstić information content (AvgIpc) is 2.39. The van der Waals surface area contributed by atoms with Crippen molar-refractivity contribution in [3.63, 3.8) is 0 Å². The number of aliphatic hydroxyl groups excluding tert-OH is 1. The van der Waals surface area contributed by atoms with E-state index < -0.39 is 0 Å². The highest BCUT2D eigenvalue weighted by atomic mass is 35.5. The first kappa shape index (κ1) is 8.60. The molecule has 3 heteroatoms. The van der Waals surface area contributed by atoms with E-state index in [0.29, 0.717) is 5.15 Å². The molecule has 0 aliphatic heterocycles. The fraction of sp³-hybridized carbons (Fsp3) is 0.200. The van der Waals surface area contributed by atoms with Crippen LogP contribution in [0.3, 0.4) is 0 Å². The van der Waals surface area contributed by atoms with Crippen LogP contribution in [0.4, 0.5) is 0 Å². The van der Waals surface area contributed by atoms with Gasteiger partial charge >= 0.3 is 0 Å². The summed E-state index contributed by atoms with van der Waals surface area (Å²) < 4.78 is 0. The summed E-state index contributed by atoms with van der Waals surface area (Å²) >= 11 is 5.90. The van der Waals surface area contributed by atoms with Crippen molar-refractivity contribution in [1.29, 1.82) is 0 Å². The minimum Gasteiger partial charge on any atom is -0.392 e. The van der Waals surface area contributed by atoms with Gasteiger partial charge in [-0.2, -0.15) is 0 Å². The fourth-order valence-corrected chi connectivity index (χ4v) is 1.75. The molecule has 68 valence electrons. The number of fused-ring (bicyclic) bond motifs is 1. The van der Waals surface area contributed by atoms with Crippen molar-refractivity contribution in [1.82, 2.24) is 4.98 Å². The van der Waals surface area contributed by atoms with Crippen LogP contribution >= 0.6 is 11.6 Å². The molecule has 2 rings (SSSR count). The fourth-order valence-electron chi connectivity index (χ4n) is 1.49. The monoisotopic (exact) mass is 195 g/mol. The van der Waals surface area contributed by atoms with Crippen LogP contribution in [0.1, 0.15) is 11.1 Å². The summed E-state index contributed by atoms with van der Waals surface area (Å²) in [4.78, 5) is 3.02. The lowest BCUT2D eigenvalue weighted by Gasteiger charge is -1.94. The number of aromatic nitrogens is 1. The third-order valence-electron chi connectivity index (χ3n) is 2.17. The number of halogens is 1. The maximum atomic E-state index is 9.07. The first-order chi connectivity index (χ1) is 6.22. The molecule has 2 N–H and O–H groups in total. The number of aryl methyl sites for hydroxylation is 1. The maximum Gasteiger partial charge on any atom is 0.112 e. The molecular weight excluding hydrogens is 186 g/mol. The second-order valence-corrected chi connectivity index (χ2v) is 3.50. The zero-order valence-electron chi connectivity index (χ0n) is 7.26. The molecule has 0 aliphatic rings. The van der Waals surface area contributed by atoms with Gasteiger partial charge in [0.05, 0.1) is 6.61 Å². The van der Waals surface area contributed by atoms with Gasteiger partial charge in [-0.3, -0.25) is 0 Å². The lowest BCUT2D eigenvalue weighted by atomic mass is 10.1. The molecule has 0 amide bonds. The number of hydrogen-bond acceptors (Lipinski definition) is 1. The van der Waals surface area contributed by atoms with Crippen LogP contribution in [0.5, 0.6) is 0 Å². The lowest BCUT2D eigenvalue weighted by molar-refractivity contribution is 0.283. The van der Waals surface area contributed by atoms with E-state index in [1.807, 2.05) is 25.1 Å². The van der Waals surface area contributed by atoms with Gasteiger partial charge in [0.25, 0.3) is 0 Å². The highest BCUT2D eigenvalue weighted by Gasteiger charge is 2.07. The summed E-state index contributed by atoms with van der Waals surface area (Å²) in [5, 5.41) is 10.6. The molecule has 1 aromatic carbocycles. The Balaban J connectivity index is 2.79. The molecule has 0 fully saturated rings. The van der Waals surface area contributed by atoms with Crippen LogP contribution in [0.15, 0.2) is 18.2 Å². The molecule has 1 aromatic heterocycles. The van der Waals surface area contributed by atoms with Crippen LogP contribution in [0.25, 0.3) is 10.9 Å². The average molecular weight is 196 g/mol. The Morgan fingerprint density at radius 3 is 2.92 bits per heavy atom. The molecule has 2 nitrogen and oxygen atoms in total. The third-order valence-corrected chi connectivity index (χ3v) is 2.49. The second-order valence-electron chi connectivity index (χ2n) is 3.12. The van der Waals surface area contributed by atoms with E-state index in [1.54, 1.807) is 0 Å². The van der Waals surface area contributed by atoms with Gasteiger partial charge in [0.15, 0.2) is 0 Å². The molecule has 0 saturated carbocycles. The first-order valence-electron chi connectivity index (χ1n) is 4.10. The van der Waals surface area contributed by atoms with Crippen molar-refractivity contribution in [3.05, 3.63) is 34.5 Å². The Hall–Kier alpha value is -0.990. The zero-order chi connectivity index (χ0) is 9.42. The van der Waals surface area contributed by atoms with Crippen LogP contribution < -0.4 is 0 Å². The number of benzene rings is 1. The standard InChI is InChI=1S/C10H10ClNO/c1-6-2-3-7-8(5-13)10(11)12-9(7)4-6/h2-4,12-13H,5H2,1H3. The Labute approximate surface area is 81.1 Å². The van der Waals surface area contributed by atoms with Crippen LogP contribution in [-0.2, 0) is 6.61 Å². The summed E-state index contributed by atoms with van der Waals surface area (Å²) in [6, 6.07) is 5.99. The molecule has 2 aromatic rings. The highest BCUT2D eigenvalue weighted by Crippen LogP contribution is 2.26. The van der Waals surface area contributed by atoms with Gasteiger partial charge in [-0.05, 0) is 18.6 Å². The maximum absolute atomic E-state index is 9.07. The van der Waals surface area contributed by atoms with E-state index in [-0.39, 0.29) is 6.61 Å². The summed E-state index contributed by atoms with van der Waals surface area (Å²) in [5.41, 5.74) is 2.93. The van der Waals surface area contributed by atoms with Crippen molar-refractivity contribution in [2.45, 2.75) is 13.5 Å². The van der Waals surface area contributed by atoms with Gasteiger partial charge in [-0.15, -0.1) is 0 Å². The molecule has 0 atom stereocenters. The summed E-state index contributed by atoms with van der Waals surface area (Å²) in [7, 11) is 0. The highest BCUT2D eigenvalue weighted by molar-refractivity contribution is 6.31. The van der Waals surface area contributed by atoms with Gasteiger partial charge in [-0.25, -0.2) is 0 Å². The van der Waals surface area contributed by atoms with Crippen LogP contribution in [0.2, 0.25) is 5.15 Å². The Kier molecular flexibility index (Phi) is 2.02. The normalized spacial score (nSPS) is 11.0. The Bertz CT molecular complexity index is 447. The quantitative estimate of drug-likeness (QED) is 0.721. The molecule has 0 unspecified atom stereocenters. The Morgan fingerprint density at radius 1 is 1.46 bits per heavy atom.